The van der Waals surface area contributed by atoms with Gasteiger partial charge in [-0.25, -0.2) is 0 Å². The molecule has 1 saturated heterocycles. The van der Waals surface area contributed by atoms with Crippen molar-refractivity contribution in [2.45, 2.75) is 37.7 Å². The van der Waals surface area contributed by atoms with Gasteiger partial charge in [0.2, 0.25) is 5.91 Å². The van der Waals surface area contributed by atoms with Crippen LogP contribution in [0.15, 0.2) is 42.5 Å². The molecule has 0 aliphatic carbocycles. The number of aliphatic hydroxyl groups is 3. The number of hydrogen-bond donors (Lipinski definition) is 4. The molecule has 3 rings (SSSR count). The Morgan fingerprint density at radius 3 is 2.50 bits per heavy atom. The number of amides is 1. The van der Waals surface area contributed by atoms with Crippen molar-refractivity contribution < 1.29 is 24.9 Å². The first kappa shape index (κ1) is 22.5. The van der Waals surface area contributed by atoms with E-state index in [-0.39, 0.29) is 13.1 Å². The van der Waals surface area contributed by atoms with Gasteiger partial charge in [0.25, 0.3) is 0 Å². The minimum absolute atomic E-state index is 0.0109. The SMILES string of the molecule is CCOc1ccc(Cc2cc(Cl)ccc2[C@H]2[C@H](O)[C@@H](O)[C@H](O)CN2CC(N)=O)cc1. The molecule has 5 N–H and O–H groups in total. The third-order valence-electron chi connectivity index (χ3n) is 5.29. The quantitative estimate of drug-likeness (QED) is 0.521. The Hall–Kier alpha value is -2.16. The number of halogens is 1. The zero-order valence-corrected chi connectivity index (χ0v) is 17.5. The highest BCUT2D eigenvalue weighted by molar-refractivity contribution is 6.30. The van der Waals surface area contributed by atoms with Crippen LogP contribution in [0.2, 0.25) is 5.02 Å². The van der Waals surface area contributed by atoms with Crippen molar-refractivity contribution in [1.29, 1.82) is 0 Å². The minimum Gasteiger partial charge on any atom is -0.494 e. The van der Waals surface area contributed by atoms with Gasteiger partial charge in [-0.3, -0.25) is 9.69 Å². The molecule has 30 heavy (non-hydrogen) atoms. The van der Waals surface area contributed by atoms with E-state index >= 15 is 0 Å². The molecule has 2 aromatic rings. The number of carbonyl (C=O) groups excluding carboxylic acids is 1. The van der Waals surface area contributed by atoms with Crippen LogP contribution in [0.3, 0.4) is 0 Å². The lowest BCUT2D eigenvalue weighted by Crippen LogP contribution is -2.58. The Balaban J connectivity index is 1.96. The molecule has 1 fully saturated rings. The molecule has 1 aliphatic heterocycles. The lowest BCUT2D eigenvalue weighted by atomic mass is 9.85. The van der Waals surface area contributed by atoms with Crippen LogP contribution in [0.1, 0.15) is 29.7 Å². The van der Waals surface area contributed by atoms with Crippen LogP contribution >= 0.6 is 11.6 Å². The van der Waals surface area contributed by atoms with Crippen LogP contribution in [0.5, 0.6) is 5.75 Å². The predicted octanol–water partition coefficient (Wildman–Crippen LogP) is 1.25. The van der Waals surface area contributed by atoms with Crippen LogP contribution in [-0.4, -0.2) is 64.1 Å². The first-order chi connectivity index (χ1) is 14.3. The minimum atomic E-state index is -1.34. The summed E-state index contributed by atoms with van der Waals surface area (Å²) in [4.78, 5) is 13.2. The Labute approximate surface area is 180 Å². The van der Waals surface area contributed by atoms with Gasteiger partial charge in [-0.1, -0.05) is 29.8 Å². The van der Waals surface area contributed by atoms with Gasteiger partial charge in [0.1, 0.15) is 18.0 Å². The molecule has 0 saturated carbocycles. The van der Waals surface area contributed by atoms with Gasteiger partial charge in [-0.05, 0) is 54.3 Å². The van der Waals surface area contributed by atoms with Gasteiger partial charge in [0.05, 0.1) is 25.3 Å². The normalized spacial score (nSPS) is 24.6. The van der Waals surface area contributed by atoms with E-state index in [2.05, 4.69) is 0 Å². The van der Waals surface area contributed by atoms with Gasteiger partial charge in [-0.15, -0.1) is 0 Å². The van der Waals surface area contributed by atoms with Crippen molar-refractivity contribution in [3.63, 3.8) is 0 Å². The van der Waals surface area contributed by atoms with Crippen LogP contribution < -0.4 is 10.5 Å². The summed E-state index contributed by atoms with van der Waals surface area (Å²) in [6, 6.07) is 12.2. The number of benzene rings is 2. The molecule has 0 spiro atoms. The number of β-amino-alcohol motifs (C(OH)–C–C–N with tert-alkyl or cyclic N) is 1. The first-order valence-electron chi connectivity index (χ1n) is 9.86. The number of primary amides is 1. The van der Waals surface area contributed by atoms with Crippen LogP contribution in [0, 0.1) is 0 Å². The average Bonchev–Trinajstić information content (AvgIpc) is 2.69. The monoisotopic (exact) mass is 434 g/mol. The molecular formula is C22H27ClN2O5. The summed E-state index contributed by atoms with van der Waals surface area (Å²) < 4.78 is 5.48. The molecular weight excluding hydrogens is 408 g/mol. The Morgan fingerprint density at radius 1 is 1.17 bits per heavy atom. The zero-order valence-electron chi connectivity index (χ0n) is 16.7. The standard InChI is InChI=1S/C22H27ClN2O5/c1-2-30-16-6-3-13(4-7-16)9-14-10-15(23)5-8-17(14)20-22(29)21(28)18(26)11-25(20)12-19(24)27/h3-8,10,18,20-22,26,28-29H,2,9,11-12H2,1H3,(H2,24,27)/t18-,20+,21+,22+/m1/s1. The number of aliphatic hydroxyl groups excluding tert-OH is 3. The number of hydrogen-bond acceptors (Lipinski definition) is 6. The lowest BCUT2D eigenvalue weighted by molar-refractivity contribution is -0.145. The number of carbonyl (C=O) groups is 1. The third-order valence-corrected chi connectivity index (χ3v) is 5.53. The largest absolute Gasteiger partial charge is 0.494 e. The molecule has 1 aliphatic rings. The van der Waals surface area contributed by atoms with E-state index < -0.39 is 30.3 Å². The number of piperidine rings is 1. The fourth-order valence-corrected chi connectivity index (χ4v) is 4.14. The molecule has 1 amide bonds. The van der Waals surface area contributed by atoms with E-state index in [1.807, 2.05) is 31.2 Å². The van der Waals surface area contributed by atoms with E-state index in [1.165, 1.54) is 0 Å². The molecule has 4 atom stereocenters. The van der Waals surface area contributed by atoms with E-state index in [9.17, 15) is 20.1 Å². The van der Waals surface area contributed by atoms with E-state index in [1.54, 1.807) is 23.1 Å². The van der Waals surface area contributed by atoms with Crippen molar-refractivity contribution in [3.05, 3.63) is 64.2 Å². The van der Waals surface area contributed by atoms with Crippen molar-refractivity contribution in [2.24, 2.45) is 5.73 Å². The summed E-state index contributed by atoms with van der Waals surface area (Å²) >= 11 is 6.24. The third kappa shape index (κ3) is 5.11. The lowest BCUT2D eigenvalue weighted by Gasteiger charge is -2.44. The fourth-order valence-electron chi connectivity index (χ4n) is 3.94. The highest BCUT2D eigenvalue weighted by Crippen LogP contribution is 2.35. The van der Waals surface area contributed by atoms with Crippen molar-refractivity contribution in [3.8, 4) is 5.75 Å². The smallest absolute Gasteiger partial charge is 0.231 e. The van der Waals surface area contributed by atoms with Gasteiger partial charge in [0, 0.05) is 11.6 Å². The summed E-state index contributed by atoms with van der Waals surface area (Å²) in [7, 11) is 0. The molecule has 162 valence electrons. The second-order valence-electron chi connectivity index (χ2n) is 7.49. The summed E-state index contributed by atoms with van der Waals surface area (Å²) in [6.45, 7) is 2.36. The average molecular weight is 435 g/mol. The zero-order chi connectivity index (χ0) is 21.8. The van der Waals surface area contributed by atoms with E-state index in [4.69, 9.17) is 22.1 Å². The van der Waals surface area contributed by atoms with Gasteiger partial charge in [-0.2, -0.15) is 0 Å². The molecule has 0 radical (unpaired) electrons. The maximum Gasteiger partial charge on any atom is 0.231 e. The fraction of sp³-hybridized carbons (Fsp3) is 0.409. The molecule has 2 aromatic carbocycles. The molecule has 0 aromatic heterocycles. The maximum absolute atomic E-state index is 11.6. The molecule has 8 heteroatoms. The molecule has 1 heterocycles. The summed E-state index contributed by atoms with van der Waals surface area (Å²) in [5, 5.41) is 31.6. The maximum atomic E-state index is 11.6. The van der Waals surface area contributed by atoms with E-state index in [0.717, 1.165) is 16.9 Å². The van der Waals surface area contributed by atoms with Gasteiger partial charge >= 0.3 is 0 Å². The predicted molar refractivity (Wildman–Crippen MR) is 113 cm³/mol. The second kappa shape index (κ2) is 9.76. The Morgan fingerprint density at radius 2 is 1.87 bits per heavy atom. The second-order valence-corrected chi connectivity index (χ2v) is 7.92. The number of ether oxygens (including phenoxy) is 1. The number of likely N-dealkylation sites (tertiary alicyclic amines) is 1. The number of rotatable bonds is 7. The van der Waals surface area contributed by atoms with Crippen LogP contribution in [0.25, 0.3) is 0 Å². The summed E-state index contributed by atoms with van der Waals surface area (Å²) in [5.41, 5.74) is 7.94. The summed E-state index contributed by atoms with van der Waals surface area (Å²) in [5.74, 6) is 0.192. The Kier molecular flexibility index (Phi) is 7.33. The molecule has 0 unspecified atom stereocenters. The Bertz CT molecular complexity index is 876. The van der Waals surface area contributed by atoms with Crippen LogP contribution in [0.4, 0.5) is 0 Å². The van der Waals surface area contributed by atoms with Gasteiger partial charge < -0.3 is 25.8 Å². The topological polar surface area (TPSA) is 116 Å². The number of nitrogens with zero attached hydrogens (tertiary/aromatic N) is 1. The van der Waals surface area contributed by atoms with Gasteiger partial charge in [0.15, 0.2) is 0 Å². The highest BCUT2D eigenvalue weighted by Gasteiger charge is 2.43. The van der Waals surface area contributed by atoms with Crippen molar-refractivity contribution in [1.82, 2.24) is 4.90 Å². The number of nitrogens with two attached hydrogens (primary N) is 1. The molecule has 7 nitrogen and oxygen atoms in total. The van der Waals surface area contributed by atoms with E-state index in [0.29, 0.717) is 23.6 Å². The first-order valence-corrected chi connectivity index (χ1v) is 10.2. The molecule has 0 bridgehead atoms. The summed E-state index contributed by atoms with van der Waals surface area (Å²) in [6.07, 6.45) is -3.30. The highest BCUT2D eigenvalue weighted by atomic mass is 35.5. The van der Waals surface area contributed by atoms with Crippen molar-refractivity contribution >= 4 is 17.5 Å². The van der Waals surface area contributed by atoms with Crippen LogP contribution in [-0.2, 0) is 11.2 Å². The van der Waals surface area contributed by atoms with Crippen molar-refractivity contribution in [2.75, 3.05) is 19.7 Å².